The molecule has 0 aromatic heterocycles. The average Bonchev–Trinajstić information content (AvgIpc) is 2.57. The molecular weight excluding hydrogens is 306 g/mol. The fourth-order valence-electron chi connectivity index (χ4n) is 2.37. The molecule has 24 heavy (non-hydrogen) atoms. The Morgan fingerprint density at radius 2 is 1.75 bits per heavy atom. The zero-order valence-electron chi connectivity index (χ0n) is 13.5. The molecule has 0 spiro atoms. The smallest absolute Gasteiger partial charge is 0.225 e. The SMILES string of the molecule is CCOc1ccc(NC(=O)C[C@@H](Cc2ccccc2)C(=O)[O-])cc1. The van der Waals surface area contributed by atoms with E-state index >= 15 is 0 Å². The number of hydrogen-bond donors (Lipinski definition) is 1. The number of anilines is 1. The van der Waals surface area contributed by atoms with E-state index in [1.807, 2.05) is 37.3 Å². The number of benzene rings is 2. The van der Waals surface area contributed by atoms with Crippen molar-refractivity contribution in [2.24, 2.45) is 5.92 Å². The van der Waals surface area contributed by atoms with Crippen LogP contribution in [0.1, 0.15) is 18.9 Å². The second-order valence-electron chi connectivity index (χ2n) is 5.42. The van der Waals surface area contributed by atoms with E-state index in [0.29, 0.717) is 18.0 Å². The topological polar surface area (TPSA) is 78.5 Å². The number of rotatable bonds is 8. The molecule has 0 bridgehead atoms. The number of nitrogens with one attached hydrogen (secondary N) is 1. The molecule has 0 fully saturated rings. The van der Waals surface area contributed by atoms with Crippen molar-refractivity contribution in [1.82, 2.24) is 0 Å². The fraction of sp³-hybridized carbons (Fsp3) is 0.263. The number of hydrogen-bond acceptors (Lipinski definition) is 4. The van der Waals surface area contributed by atoms with Gasteiger partial charge in [-0.3, -0.25) is 4.79 Å². The van der Waals surface area contributed by atoms with E-state index in [-0.39, 0.29) is 18.7 Å². The summed E-state index contributed by atoms with van der Waals surface area (Å²) in [6.07, 6.45) is 0.129. The van der Waals surface area contributed by atoms with Gasteiger partial charge in [-0.05, 0) is 43.2 Å². The third-order valence-corrected chi connectivity index (χ3v) is 3.54. The van der Waals surface area contributed by atoms with Gasteiger partial charge in [0, 0.05) is 24.0 Å². The van der Waals surface area contributed by atoms with Gasteiger partial charge in [0.05, 0.1) is 6.61 Å². The molecule has 0 heterocycles. The quantitative estimate of drug-likeness (QED) is 0.805. The molecule has 2 aromatic carbocycles. The van der Waals surface area contributed by atoms with Crippen LogP contribution in [-0.2, 0) is 16.0 Å². The average molecular weight is 326 g/mol. The Labute approximate surface area is 141 Å². The molecule has 5 heteroatoms. The lowest BCUT2D eigenvalue weighted by atomic mass is 9.96. The molecule has 0 saturated heterocycles. The van der Waals surface area contributed by atoms with Crippen LogP contribution in [0.4, 0.5) is 5.69 Å². The third kappa shape index (κ3) is 5.43. The zero-order valence-corrected chi connectivity index (χ0v) is 13.5. The Morgan fingerprint density at radius 1 is 1.08 bits per heavy atom. The molecule has 1 N–H and O–H groups in total. The lowest BCUT2D eigenvalue weighted by molar-refractivity contribution is -0.311. The highest BCUT2D eigenvalue weighted by atomic mass is 16.5. The first-order valence-corrected chi connectivity index (χ1v) is 7.86. The maximum Gasteiger partial charge on any atom is 0.225 e. The van der Waals surface area contributed by atoms with Crippen molar-refractivity contribution in [2.45, 2.75) is 19.8 Å². The first kappa shape index (κ1) is 17.5. The highest BCUT2D eigenvalue weighted by Gasteiger charge is 2.16. The molecule has 0 aliphatic rings. The van der Waals surface area contributed by atoms with Gasteiger partial charge in [-0.15, -0.1) is 0 Å². The minimum Gasteiger partial charge on any atom is -0.550 e. The summed E-state index contributed by atoms with van der Waals surface area (Å²) in [6.45, 7) is 2.46. The molecule has 0 aliphatic carbocycles. The summed E-state index contributed by atoms with van der Waals surface area (Å²) in [5, 5.41) is 14.0. The maximum atomic E-state index is 12.1. The van der Waals surface area contributed by atoms with Crippen LogP contribution in [0.3, 0.4) is 0 Å². The van der Waals surface area contributed by atoms with Gasteiger partial charge in [-0.2, -0.15) is 0 Å². The van der Waals surface area contributed by atoms with Gasteiger partial charge in [0.25, 0.3) is 0 Å². The van der Waals surface area contributed by atoms with Crippen molar-refractivity contribution in [3.8, 4) is 5.75 Å². The lowest BCUT2D eigenvalue weighted by Gasteiger charge is -2.18. The molecule has 2 rings (SSSR count). The summed E-state index contributed by atoms with van der Waals surface area (Å²) >= 11 is 0. The van der Waals surface area contributed by atoms with Gasteiger partial charge in [-0.1, -0.05) is 30.3 Å². The van der Waals surface area contributed by atoms with Crippen LogP contribution < -0.4 is 15.2 Å². The number of amides is 1. The Kier molecular flexibility index (Phi) is 6.37. The second-order valence-corrected chi connectivity index (χ2v) is 5.42. The summed E-state index contributed by atoms with van der Waals surface area (Å²) in [6, 6.07) is 16.1. The third-order valence-electron chi connectivity index (χ3n) is 3.54. The van der Waals surface area contributed by atoms with Crippen LogP contribution in [0, 0.1) is 5.92 Å². The summed E-state index contributed by atoms with van der Waals surface area (Å²) in [7, 11) is 0. The molecule has 5 nitrogen and oxygen atoms in total. The standard InChI is InChI=1S/C19H21NO4/c1-2-24-17-10-8-16(9-11-17)20-18(21)13-15(19(22)23)12-14-6-4-3-5-7-14/h3-11,15H,2,12-13H2,1H3,(H,20,21)(H,22,23)/p-1/t15-/m1/s1. The van der Waals surface area contributed by atoms with E-state index in [2.05, 4.69) is 5.32 Å². The monoisotopic (exact) mass is 326 g/mol. The van der Waals surface area contributed by atoms with Gasteiger partial charge in [0.2, 0.25) is 5.91 Å². The van der Waals surface area contributed by atoms with Crippen molar-refractivity contribution in [2.75, 3.05) is 11.9 Å². The Balaban J connectivity index is 1.94. The van der Waals surface area contributed by atoms with Crippen LogP contribution in [0.25, 0.3) is 0 Å². The number of ether oxygens (including phenoxy) is 1. The minimum atomic E-state index is -1.22. The molecule has 1 amide bonds. The van der Waals surface area contributed by atoms with E-state index < -0.39 is 11.9 Å². The van der Waals surface area contributed by atoms with Crippen LogP contribution >= 0.6 is 0 Å². The van der Waals surface area contributed by atoms with Crippen LogP contribution in [-0.4, -0.2) is 18.5 Å². The largest absolute Gasteiger partial charge is 0.550 e. The summed E-state index contributed by atoms with van der Waals surface area (Å²) < 4.78 is 5.33. The van der Waals surface area contributed by atoms with Gasteiger partial charge in [0.1, 0.15) is 5.75 Å². The summed E-state index contributed by atoms with van der Waals surface area (Å²) in [4.78, 5) is 23.4. The molecule has 2 aromatic rings. The summed E-state index contributed by atoms with van der Waals surface area (Å²) in [5.41, 5.74) is 1.46. The van der Waals surface area contributed by atoms with Crippen LogP contribution in [0.15, 0.2) is 54.6 Å². The highest BCUT2D eigenvalue weighted by Crippen LogP contribution is 2.17. The van der Waals surface area contributed by atoms with Gasteiger partial charge >= 0.3 is 0 Å². The number of aliphatic carboxylic acids is 1. The lowest BCUT2D eigenvalue weighted by Crippen LogP contribution is -2.35. The Hall–Kier alpha value is -2.82. The van der Waals surface area contributed by atoms with E-state index in [1.165, 1.54) is 0 Å². The zero-order chi connectivity index (χ0) is 17.4. The predicted molar refractivity (Wildman–Crippen MR) is 89.5 cm³/mol. The number of carboxylic acid groups (broad SMARTS) is 1. The Morgan fingerprint density at radius 3 is 2.33 bits per heavy atom. The molecule has 0 saturated carbocycles. The first-order chi connectivity index (χ1) is 11.6. The van der Waals surface area contributed by atoms with Crippen molar-refractivity contribution in [3.05, 3.63) is 60.2 Å². The molecule has 0 radical (unpaired) electrons. The minimum absolute atomic E-state index is 0.134. The molecule has 126 valence electrons. The van der Waals surface area contributed by atoms with E-state index in [0.717, 1.165) is 5.56 Å². The number of carbonyl (C=O) groups is 2. The van der Waals surface area contributed by atoms with Gasteiger partial charge in [-0.25, -0.2) is 0 Å². The van der Waals surface area contributed by atoms with Gasteiger partial charge in [0.15, 0.2) is 0 Å². The van der Waals surface area contributed by atoms with Crippen molar-refractivity contribution < 1.29 is 19.4 Å². The van der Waals surface area contributed by atoms with E-state index in [1.54, 1.807) is 24.3 Å². The summed E-state index contributed by atoms with van der Waals surface area (Å²) in [5.74, 6) is -1.73. The van der Waals surface area contributed by atoms with E-state index in [4.69, 9.17) is 4.74 Å². The molecule has 0 aliphatic heterocycles. The van der Waals surface area contributed by atoms with Crippen molar-refractivity contribution in [3.63, 3.8) is 0 Å². The van der Waals surface area contributed by atoms with Crippen LogP contribution in [0.2, 0.25) is 0 Å². The van der Waals surface area contributed by atoms with Gasteiger partial charge < -0.3 is 20.0 Å². The van der Waals surface area contributed by atoms with Crippen molar-refractivity contribution >= 4 is 17.6 Å². The predicted octanol–water partition coefficient (Wildman–Crippen LogP) is 2.02. The molecular formula is C19H20NO4-. The second kappa shape index (κ2) is 8.72. The highest BCUT2D eigenvalue weighted by molar-refractivity contribution is 5.93. The van der Waals surface area contributed by atoms with Crippen molar-refractivity contribution in [1.29, 1.82) is 0 Å². The number of carbonyl (C=O) groups excluding carboxylic acids is 2. The molecule has 0 unspecified atom stereocenters. The fourth-order valence-corrected chi connectivity index (χ4v) is 2.37. The van der Waals surface area contributed by atoms with E-state index in [9.17, 15) is 14.7 Å². The molecule has 1 atom stereocenters. The normalized spacial score (nSPS) is 11.5. The van der Waals surface area contributed by atoms with Crippen LogP contribution in [0.5, 0.6) is 5.75 Å². The Bertz CT molecular complexity index is 668. The maximum absolute atomic E-state index is 12.1. The number of carboxylic acids is 1. The first-order valence-electron chi connectivity index (χ1n) is 7.86.